The van der Waals surface area contributed by atoms with E-state index in [1.165, 1.54) is 7.11 Å². The Labute approximate surface area is 195 Å². The van der Waals surface area contributed by atoms with Gasteiger partial charge in [-0.05, 0) is 37.3 Å². The predicted octanol–water partition coefficient (Wildman–Crippen LogP) is 1.66. The molecule has 0 radical (unpaired) electrons. The van der Waals surface area contributed by atoms with Crippen LogP contribution in [0.4, 0.5) is 0 Å². The minimum absolute atomic E-state index is 0.0215. The van der Waals surface area contributed by atoms with E-state index in [1.54, 1.807) is 12.1 Å². The number of aromatic amines is 1. The number of fused-ring (bicyclic) bond motifs is 1. The lowest BCUT2D eigenvalue weighted by Crippen LogP contribution is -2.50. The summed E-state index contributed by atoms with van der Waals surface area (Å²) in [5, 5.41) is 17.9. The van der Waals surface area contributed by atoms with E-state index in [2.05, 4.69) is 32.0 Å². The number of carbonyl (C=O) groups excluding carboxylic acids is 3. The van der Waals surface area contributed by atoms with E-state index in [-0.39, 0.29) is 29.1 Å². The summed E-state index contributed by atoms with van der Waals surface area (Å²) in [5.41, 5.74) is 0.956. The summed E-state index contributed by atoms with van der Waals surface area (Å²) >= 11 is 6.28. The maximum absolute atomic E-state index is 13.0. The Bertz CT molecular complexity index is 1120. The third-order valence-electron chi connectivity index (χ3n) is 6.04. The zero-order valence-electron chi connectivity index (χ0n) is 18.1. The molecule has 10 nitrogen and oxygen atoms in total. The summed E-state index contributed by atoms with van der Waals surface area (Å²) in [6, 6.07) is 3.78. The first-order valence-corrected chi connectivity index (χ1v) is 11.3. The molecule has 2 aliphatic rings. The third kappa shape index (κ3) is 5.20. The molecular formula is C22H25ClN6O4. The highest BCUT2D eigenvalue weighted by Gasteiger charge is 2.33. The van der Waals surface area contributed by atoms with Crippen LogP contribution in [0.5, 0.6) is 5.75 Å². The minimum atomic E-state index is -0.823. The normalized spacial score (nSPS) is 19.4. The van der Waals surface area contributed by atoms with Gasteiger partial charge in [0.2, 0.25) is 11.8 Å². The van der Waals surface area contributed by atoms with Gasteiger partial charge in [-0.25, -0.2) is 4.98 Å². The molecule has 1 aromatic heterocycles. The van der Waals surface area contributed by atoms with Gasteiger partial charge in [-0.3, -0.25) is 14.4 Å². The molecule has 0 spiro atoms. The first kappa shape index (κ1) is 22.9. The van der Waals surface area contributed by atoms with E-state index in [0.717, 1.165) is 12.8 Å². The van der Waals surface area contributed by atoms with Gasteiger partial charge in [-0.1, -0.05) is 24.4 Å². The van der Waals surface area contributed by atoms with Gasteiger partial charge in [0, 0.05) is 12.5 Å². The molecule has 1 aliphatic carbocycles. The maximum Gasteiger partial charge on any atom is 0.287 e. The van der Waals surface area contributed by atoms with E-state index in [4.69, 9.17) is 16.3 Å². The molecular weight excluding hydrogens is 448 g/mol. The summed E-state index contributed by atoms with van der Waals surface area (Å²) in [6.07, 6.45) is 3.32. The number of nitrogens with zero attached hydrogens (tertiary/aromatic N) is 2. The fraction of sp³-hybridized carbons (Fsp3) is 0.500. The summed E-state index contributed by atoms with van der Waals surface area (Å²) in [6.45, 7) is 0.573. The Morgan fingerprint density at radius 2 is 2.09 bits per heavy atom. The van der Waals surface area contributed by atoms with Crippen molar-refractivity contribution in [1.29, 1.82) is 5.26 Å². The molecule has 2 heterocycles. The number of nitrogens with one attached hydrogen (secondary N) is 4. The number of rotatable bonds is 9. The fourth-order valence-corrected chi connectivity index (χ4v) is 4.29. The number of imidazole rings is 1. The molecule has 1 saturated heterocycles. The van der Waals surface area contributed by atoms with Crippen molar-refractivity contribution in [1.82, 2.24) is 25.9 Å². The summed E-state index contributed by atoms with van der Waals surface area (Å²) in [4.78, 5) is 44.9. The smallest absolute Gasteiger partial charge is 0.287 e. The average Bonchev–Trinajstić information content (AvgIpc) is 3.36. The second kappa shape index (κ2) is 9.67. The van der Waals surface area contributed by atoms with Gasteiger partial charge in [0.15, 0.2) is 5.82 Å². The van der Waals surface area contributed by atoms with Crippen molar-refractivity contribution in [2.45, 2.75) is 44.2 Å². The molecule has 4 N–H and O–H groups in total. The number of hydrogen-bond acceptors (Lipinski definition) is 6. The summed E-state index contributed by atoms with van der Waals surface area (Å²) < 4.78 is 5.18. The molecule has 11 heteroatoms. The van der Waals surface area contributed by atoms with Crippen molar-refractivity contribution in [3.05, 3.63) is 23.0 Å². The van der Waals surface area contributed by atoms with Crippen LogP contribution in [0.2, 0.25) is 5.02 Å². The van der Waals surface area contributed by atoms with Gasteiger partial charge >= 0.3 is 0 Å². The number of amides is 3. The highest BCUT2D eigenvalue weighted by molar-refractivity contribution is 6.36. The van der Waals surface area contributed by atoms with Crippen LogP contribution in [0.25, 0.3) is 11.0 Å². The molecule has 33 heavy (non-hydrogen) atoms. The number of carbonyl (C=O) groups is 3. The number of aromatic nitrogens is 2. The topological polar surface area (TPSA) is 149 Å². The van der Waals surface area contributed by atoms with Gasteiger partial charge in [0.05, 0.1) is 18.7 Å². The monoisotopic (exact) mass is 472 g/mol. The third-order valence-corrected chi connectivity index (χ3v) is 6.40. The van der Waals surface area contributed by atoms with E-state index < -0.39 is 23.9 Å². The predicted molar refractivity (Wildman–Crippen MR) is 120 cm³/mol. The van der Waals surface area contributed by atoms with Crippen LogP contribution in [0.3, 0.4) is 0 Å². The fourth-order valence-electron chi connectivity index (χ4n) is 4.00. The Morgan fingerprint density at radius 1 is 1.30 bits per heavy atom. The van der Waals surface area contributed by atoms with Crippen molar-refractivity contribution >= 4 is 40.4 Å². The lowest BCUT2D eigenvalue weighted by atomic mass is 9.98. The maximum atomic E-state index is 13.0. The van der Waals surface area contributed by atoms with Crippen molar-refractivity contribution in [2.75, 3.05) is 13.7 Å². The first-order chi connectivity index (χ1) is 15.9. The Hall–Kier alpha value is -3.32. The Morgan fingerprint density at radius 3 is 2.73 bits per heavy atom. The molecule has 3 atom stereocenters. The molecule has 1 saturated carbocycles. The zero-order chi connectivity index (χ0) is 23.5. The first-order valence-electron chi connectivity index (χ1n) is 10.9. The molecule has 174 valence electrons. The zero-order valence-corrected chi connectivity index (χ0v) is 18.9. The number of benzene rings is 1. The van der Waals surface area contributed by atoms with Crippen LogP contribution < -0.4 is 20.7 Å². The van der Waals surface area contributed by atoms with Gasteiger partial charge in [-0.15, -0.1) is 0 Å². The standard InChI is InChI=1S/C22H25ClN6O4/c1-33-16-5-4-14-18(17(16)23)29-19(27-14)22(32)28-15(8-11-2-3-11)21(31)26-13(10-24)9-12-6-7-25-20(12)30/h4-5,11-13,15H,2-3,6-9H2,1H3,(H,25,30)(H,26,31)(H,27,29)(H,28,32). The van der Waals surface area contributed by atoms with E-state index >= 15 is 0 Å². The number of methoxy groups -OCH3 is 1. The molecule has 3 unspecified atom stereocenters. The molecule has 2 fully saturated rings. The molecule has 2 aromatic rings. The van der Waals surface area contributed by atoms with Crippen molar-refractivity contribution in [2.24, 2.45) is 11.8 Å². The molecule has 4 rings (SSSR count). The second-order valence-electron chi connectivity index (χ2n) is 8.47. The summed E-state index contributed by atoms with van der Waals surface area (Å²) in [5.74, 6) is -0.602. The number of hydrogen-bond donors (Lipinski definition) is 4. The minimum Gasteiger partial charge on any atom is -0.495 e. The van der Waals surface area contributed by atoms with Gasteiger partial charge in [0.25, 0.3) is 5.91 Å². The lowest BCUT2D eigenvalue weighted by Gasteiger charge is -2.21. The van der Waals surface area contributed by atoms with Gasteiger partial charge < -0.3 is 25.7 Å². The van der Waals surface area contributed by atoms with Crippen LogP contribution in [0, 0.1) is 23.2 Å². The van der Waals surface area contributed by atoms with Gasteiger partial charge in [0.1, 0.15) is 28.4 Å². The molecule has 1 aliphatic heterocycles. The number of halogens is 1. The second-order valence-corrected chi connectivity index (χ2v) is 8.85. The number of ether oxygens (including phenoxy) is 1. The molecule has 3 amide bonds. The lowest BCUT2D eigenvalue weighted by molar-refractivity contribution is -0.125. The van der Waals surface area contributed by atoms with Crippen molar-refractivity contribution in [3.8, 4) is 11.8 Å². The molecule has 0 bridgehead atoms. The Kier molecular flexibility index (Phi) is 6.70. The number of H-pyrrole nitrogens is 1. The SMILES string of the molecule is COc1ccc2[nH]c(C(=O)NC(CC3CC3)C(=O)NC(C#N)CC3CCNC3=O)nc2c1Cl. The average molecular weight is 473 g/mol. The van der Waals surface area contributed by atoms with Crippen molar-refractivity contribution in [3.63, 3.8) is 0 Å². The quantitative estimate of drug-likeness (QED) is 0.436. The largest absolute Gasteiger partial charge is 0.495 e. The van der Waals surface area contributed by atoms with E-state index in [1.807, 2.05) is 0 Å². The number of nitriles is 1. The summed E-state index contributed by atoms with van der Waals surface area (Å²) in [7, 11) is 1.49. The highest BCUT2D eigenvalue weighted by atomic mass is 35.5. The Balaban J connectivity index is 1.45. The van der Waals surface area contributed by atoms with Crippen molar-refractivity contribution < 1.29 is 19.1 Å². The highest BCUT2D eigenvalue weighted by Crippen LogP contribution is 2.34. The van der Waals surface area contributed by atoms with Crippen LogP contribution in [-0.2, 0) is 9.59 Å². The molecule has 1 aromatic carbocycles. The van der Waals surface area contributed by atoms with Crippen LogP contribution in [0.1, 0.15) is 42.7 Å². The van der Waals surface area contributed by atoms with Crippen LogP contribution in [0.15, 0.2) is 12.1 Å². The van der Waals surface area contributed by atoms with Crippen LogP contribution >= 0.6 is 11.6 Å². The van der Waals surface area contributed by atoms with E-state index in [0.29, 0.717) is 42.1 Å². The van der Waals surface area contributed by atoms with Gasteiger partial charge in [-0.2, -0.15) is 5.26 Å². The van der Waals surface area contributed by atoms with Crippen LogP contribution in [-0.4, -0.2) is 53.4 Å². The van der Waals surface area contributed by atoms with E-state index in [9.17, 15) is 19.6 Å².